The summed E-state index contributed by atoms with van der Waals surface area (Å²) in [5, 5.41) is 25.8. The van der Waals surface area contributed by atoms with E-state index in [2.05, 4.69) is 26.6 Å². The average Bonchev–Trinajstić information content (AvgIpc) is 1.52. The van der Waals surface area contributed by atoms with E-state index in [4.69, 9.17) is 48.6 Å². The van der Waals surface area contributed by atoms with Gasteiger partial charge in [0, 0.05) is 75.3 Å². The van der Waals surface area contributed by atoms with Crippen molar-refractivity contribution in [1.29, 1.82) is 0 Å². The van der Waals surface area contributed by atoms with Crippen molar-refractivity contribution in [3.8, 4) is 17.1 Å². The number of nitrogens with two attached hydrogens (primary N) is 1. The molecule has 0 unspecified atom stereocenters. The molecule has 1 fully saturated rings. The number of likely N-dealkylation sites (N-methyl/N-ethyl adjacent to an activating group) is 2. The molecule has 1 saturated carbocycles. The van der Waals surface area contributed by atoms with Crippen LogP contribution in [0.2, 0.25) is 0 Å². The van der Waals surface area contributed by atoms with Crippen LogP contribution in [0.15, 0.2) is 53.3 Å². The Kier molecular flexibility index (Phi) is 32.3. The lowest BCUT2D eigenvalue weighted by molar-refractivity contribution is -0.172. The third kappa shape index (κ3) is 23.9. The Hall–Kier alpha value is -8.28. The molecule has 3 atom stereocenters. The highest BCUT2D eigenvalue weighted by atomic mass is 16.6. The van der Waals surface area contributed by atoms with Gasteiger partial charge in [-0.2, -0.15) is 0 Å². The predicted octanol–water partition coefficient (Wildman–Crippen LogP) is 6.86. The summed E-state index contributed by atoms with van der Waals surface area (Å²) < 4.78 is 45.9. The van der Waals surface area contributed by atoms with Crippen molar-refractivity contribution in [2.24, 2.45) is 17.6 Å². The van der Waals surface area contributed by atoms with Crippen molar-refractivity contribution in [2.75, 3.05) is 112 Å². The van der Waals surface area contributed by atoms with E-state index in [1.54, 1.807) is 73.9 Å². The van der Waals surface area contributed by atoms with E-state index in [9.17, 15) is 48.3 Å². The number of urea groups is 1. The summed E-state index contributed by atoms with van der Waals surface area (Å²) >= 11 is 0. The Bertz CT molecular complexity index is 3430. The fourth-order valence-corrected chi connectivity index (χ4v) is 12.3. The molecule has 550 valence electrons. The predicted molar refractivity (Wildman–Crippen MR) is 372 cm³/mol. The monoisotopic (exact) mass is 1400 g/mol. The number of nitrogens with one attached hydrogen (secondary N) is 5. The van der Waals surface area contributed by atoms with Crippen LogP contribution in [0, 0.1) is 11.8 Å². The number of aliphatic hydroxyl groups is 1. The van der Waals surface area contributed by atoms with Gasteiger partial charge in [-0.1, -0.05) is 97.6 Å². The zero-order valence-corrected chi connectivity index (χ0v) is 59.0. The van der Waals surface area contributed by atoms with Gasteiger partial charge in [-0.3, -0.25) is 24.0 Å². The highest BCUT2D eigenvalue weighted by molar-refractivity contribution is 5.98. The third-order valence-corrected chi connectivity index (χ3v) is 18.2. The van der Waals surface area contributed by atoms with Crippen LogP contribution in [0.25, 0.3) is 22.3 Å². The van der Waals surface area contributed by atoms with Crippen LogP contribution in [0.3, 0.4) is 0 Å². The number of rotatable bonds is 41. The van der Waals surface area contributed by atoms with E-state index >= 15 is 0 Å². The number of carbonyl (C=O) groups excluding carboxylic acids is 8. The van der Waals surface area contributed by atoms with Gasteiger partial charge < -0.3 is 89.7 Å². The number of amides is 8. The molecular formula is C72H104N10O18. The zero-order valence-electron chi connectivity index (χ0n) is 59.0. The first-order valence-corrected chi connectivity index (χ1v) is 35.3. The second-order valence-corrected chi connectivity index (χ2v) is 25.9. The Morgan fingerprint density at radius 2 is 1.33 bits per heavy atom. The number of unbranched alkanes of at least 4 members (excludes halogenated alkanes) is 1. The minimum absolute atomic E-state index is 0.0132. The standard InChI is InChI=1S/C72H104N10O18/c1-7-53-54-43-52(25-26-58(54)77-64-55(53)45-82-60(64)44-57-56(67(82)87)47-98-68(88)72(57,92)8-2)100-71(91)81(6)32-31-80(5)70(90)99-46-50-21-23-51(24-22-50)76-65(85)59(20-16-30-75-69(73)89)78-66(86)63(48(3)4)79-62(84)28-34-94-36-38-96-40-42-97-41-39-95-37-35-93-33-27-61(83)74-29-15-14-19-49-17-12-10-9-11-13-18-49/h21-26,43-44,48-49,59,63,92H,7-20,27-42,45-47H2,1-6H3,(H,74,83)(H,76,85)(H,78,86)(H,79,84)(H3,73,75,89)/t59-,63-,72-/m0/s1. The number of carbonyl (C=O) groups is 8. The molecule has 4 heterocycles. The van der Waals surface area contributed by atoms with Gasteiger partial charge in [0.15, 0.2) is 5.60 Å². The number of anilines is 1. The molecule has 7 rings (SSSR count). The quantitative estimate of drug-likeness (QED) is 0.0155. The van der Waals surface area contributed by atoms with Crippen molar-refractivity contribution < 1.29 is 81.4 Å². The van der Waals surface area contributed by atoms with E-state index < -0.39 is 59.6 Å². The van der Waals surface area contributed by atoms with Crippen LogP contribution in [0.4, 0.5) is 20.1 Å². The molecule has 8 N–H and O–H groups in total. The Balaban J connectivity index is 0.746. The Morgan fingerprint density at radius 3 is 1.95 bits per heavy atom. The van der Waals surface area contributed by atoms with Gasteiger partial charge in [-0.25, -0.2) is 24.2 Å². The number of fused-ring (bicyclic) bond motifs is 5. The second-order valence-electron chi connectivity index (χ2n) is 25.9. The maximum absolute atomic E-state index is 13.8. The summed E-state index contributed by atoms with van der Waals surface area (Å²) in [4.78, 5) is 124. The minimum atomic E-state index is -1.95. The summed E-state index contributed by atoms with van der Waals surface area (Å²) in [5.74, 6) is -1.62. The summed E-state index contributed by atoms with van der Waals surface area (Å²) in [6.07, 6.45) is 13.0. The lowest BCUT2D eigenvalue weighted by atomic mass is 9.86. The smallest absolute Gasteiger partial charge is 0.415 e. The molecule has 3 aliphatic rings. The van der Waals surface area contributed by atoms with Crippen LogP contribution >= 0.6 is 0 Å². The number of aromatic nitrogens is 2. The lowest BCUT2D eigenvalue weighted by Crippen LogP contribution is -2.54. The fourth-order valence-electron chi connectivity index (χ4n) is 12.3. The van der Waals surface area contributed by atoms with Gasteiger partial charge in [0.1, 0.15) is 31.0 Å². The average molecular weight is 1400 g/mol. The van der Waals surface area contributed by atoms with Crippen LogP contribution in [-0.4, -0.2) is 191 Å². The number of ether oxygens (including phenoxy) is 8. The van der Waals surface area contributed by atoms with Gasteiger partial charge in [-0.05, 0) is 91.5 Å². The van der Waals surface area contributed by atoms with Gasteiger partial charge in [0.05, 0.1) is 95.1 Å². The molecule has 2 aliphatic heterocycles. The lowest BCUT2D eigenvalue weighted by Gasteiger charge is -2.31. The van der Waals surface area contributed by atoms with Crippen LogP contribution in [-0.2, 0) is 88.9 Å². The number of hydrogen-bond acceptors (Lipinski definition) is 19. The first-order valence-electron chi connectivity index (χ1n) is 35.3. The van der Waals surface area contributed by atoms with Crippen LogP contribution in [0.5, 0.6) is 5.75 Å². The molecule has 0 spiro atoms. The number of esters is 1. The van der Waals surface area contributed by atoms with Crippen molar-refractivity contribution in [3.63, 3.8) is 0 Å². The molecule has 0 radical (unpaired) electrons. The fraction of sp³-hybridized carbons (Fsp3) is 0.611. The highest BCUT2D eigenvalue weighted by Gasteiger charge is 2.45. The number of cyclic esters (lactones) is 1. The van der Waals surface area contributed by atoms with E-state index in [0.717, 1.165) is 35.4 Å². The molecule has 2 aromatic heterocycles. The van der Waals surface area contributed by atoms with Crippen molar-refractivity contribution >= 4 is 64.4 Å². The first-order chi connectivity index (χ1) is 48.2. The molecule has 2 aromatic carbocycles. The van der Waals surface area contributed by atoms with Gasteiger partial charge in [-0.15, -0.1) is 0 Å². The first kappa shape index (κ1) is 79.1. The van der Waals surface area contributed by atoms with E-state index in [0.29, 0.717) is 87.2 Å². The number of aryl methyl sites for hydroxylation is 1. The normalized spacial score (nSPS) is 15.6. The molecule has 0 saturated heterocycles. The molecule has 1 aliphatic carbocycles. The van der Waals surface area contributed by atoms with Crippen LogP contribution < -0.4 is 42.6 Å². The van der Waals surface area contributed by atoms with Crippen LogP contribution in [0.1, 0.15) is 152 Å². The molecule has 0 bridgehead atoms. The number of hydrogen-bond donors (Lipinski definition) is 7. The van der Waals surface area contributed by atoms with Gasteiger partial charge in [0.2, 0.25) is 23.6 Å². The maximum atomic E-state index is 13.8. The third-order valence-electron chi connectivity index (χ3n) is 18.2. The topological polar surface area (TPSA) is 358 Å². The van der Waals surface area contributed by atoms with E-state index in [-0.39, 0.29) is 119 Å². The van der Waals surface area contributed by atoms with Crippen molar-refractivity contribution in [2.45, 2.75) is 168 Å². The van der Waals surface area contributed by atoms with Crippen molar-refractivity contribution in [3.05, 3.63) is 86.7 Å². The zero-order chi connectivity index (χ0) is 72.0. The molecule has 28 heteroatoms. The molecule has 100 heavy (non-hydrogen) atoms. The highest BCUT2D eigenvalue weighted by Crippen LogP contribution is 2.41. The molecule has 4 aromatic rings. The van der Waals surface area contributed by atoms with Gasteiger partial charge in [0.25, 0.3) is 5.56 Å². The van der Waals surface area contributed by atoms with E-state index in [1.165, 1.54) is 81.7 Å². The number of pyridine rings is 2. The summed E-state index contributed by atoms with van der Waals surface area (Å²) in [6.45, 7) is 11.2. The van der Waals surface area contributed by atoms with Gasteiger partial charge >= 0.3 is 24.2 Å². The summed E-state index contributed by atoms with van der Waals surface area (Å²) in [6, 6.07) is 10.4. The Labute approximate surface area is 585 Å². The largest absolute Gasteiger partial charge is 0.458 e. The van der Waals surface area contributed by atoms with E-state index in [1.807, 2.05) is 6.92 Å². The molecular weight excluding hydrogens is 1290 g/mol. The summed E-state index contributed by atoms with van der Waals surface area (Å²) in [5.41, 5.74) is 7.70. The van der Waals surface area contributed by atoms with Crippen molar-refractivity contribution in [1.82, 2.24) is 40.6 Å². The number of nitrogens with zero attached hydrogens (tertiary/aromatic N) is 4. The Morgan fingerprint density at radius 1 is 0.720 bits per heavy atom. The summed E-state index contributed by atoms with van der Waals surface area (Å²) in [7, 11) is 3.06. The molecule has 28 nitrogen and oxygen atoms in total. The SMILES string of the molecule is CCc1c2c(nc3ccc(OC(=O)N(C)CCN(C)C(=O)OCc4ccc(NC(=O)[C@H](CCCNC(N)=O)NC(=O)[C@@H](NC(=O)CCOCCOCCOCCOCCOCCC(=O)NCCCCC5CCCCCCC5)C(C)C)cc4)cc13)-c1cc3c(c(=O)n1C2)COC(=O)[C@]3(O)CC. The number of primary amides is 1. The second kappa shape index (κ2) is 40.8. The molecule has 8 amide bonds. The number of benzene rings is 2. The maximum Gasteiger partial charge on any atom is 0.415 e. The minimum Gasteiger partial charge on any atom is -0.458 e.